The zero-order chi connectivity index (χ0) is 13.8. The molecule has 1 aliphatic carbocycles. The third kappa shape index (κ3) is 4.19. The minimum Gasteiger partial charge on any atom is -0.327 e. The quantitative estimate of drug-likeness (QED) is 0.841. The summed E-state index contributed by atoms with van der Waals surface area (Å²) in [4.78, 5) is 2.73. The molecule has 19 heavy (non-hydrogen) atoms. The lowest BCUT2D eigenvalue weighted by molar-refractivity contribution is 0.0791. The molecule has 0 radical (unpaired) electrons. The van der Waals surface area contributed by atoms with Gasteiger partial charge in [0, 0.05) is 25.2 Å². The summed E-state index contributed by atoms with van der Waals surface area (Å²) in [5.74, 6) is 2.58. The van der Waals surface area contributed by atoms with E-state index in [0.717, 1.165) is 23.8 Å². The molecule has 2 rings (SSSR count). The summed E-state index contributed by atoms with van der Waals surface area (Å²) in [6.07, 6.45) is 9.55. The molecule has 0 aromatic heterocycles. The van der Waals surface area contributed by atoms with E-state index < -0.39 is 0 Å². The zero-order valence-corrected chi connectivity index (χ0v) is 13.3. The van der Waals surface area contributed by atoms with Gasteiger partial charge in [0.25, 0.3) is 0 Å². The first-order valence-electron chi connectivity index (χ1n) is 8.59. The summed E-state index contributed by atoms with van der Waals surface area (Å²) < 4.78 is 0. The highest BCUT2D eigenvalue weighted by molar-refractivity contribution is 4.87. The molecule has 0 spiro atoms. The van der Waals surface area contributed by atoms with Crippen LogP contribution in [0.2, 0.25) is 0 Å². The van der Waals surface area contributed by atoms with Gasteiger partial charge in [-0.1, -0.05) is 26.7 Å². The Labute approximate surface area is 120 Å². The molecule has 0 bridgehead atoms. The van der Waals surface area contributed by atoms with Gasteiger partial charge < -0.3 is 10.6 Å². The summed E-state index contributed by atoms with van der Waals surface area (Å²) >= 11 is 0. The molecular formula is C17H34N2. The van der Waals surface area contributed by atoms with Crippen LogP contribution in [0.4, 0.5) is 0 Å². The minimum absolute atomic E-state index is 0.456. The molecule has 0 aromatic rings. The van der Waals surface area contributed by atoms with Gasteiger partial charge in [-0.25, -0.2) is 0 Å². The fraction of sp³-hybridized carbons (Fsp3) is 1.00. The van der Waals surface area contributed by atoms with E-state index in [-0.39, 0.29) is 0 Å². The summed E-state index contributed by atoms with van der Waals surface area (Å²) in [5.41, 5.74) is 6.41. The first-order chi connectivity index (χ1) is 9.10. The Hall–Kier alpha value is -0.0800. The van der Waals surface area contributed by atoms with Crippen molar-refractivity contribution in [3.63, 3.8) is 0 Å². The van der Waals surface area contributed by atoms with Crippen LogP contribution in [0.15, 0.2) is 0 Å². The molecule has 1 heterocycles. The average Bonchev–Trinajstić information content (AvgIpc) is 2.38. The monoisotopic (exact) mass is 266 g/mol. The lowest BCUT2D eigenvalue weighted by Gasteiger charge is -2.42. The Kier molecular flexibility index (Phi) is 5.70. The van der Waals surface area contributed by atoms with Crippen molar-refractivity contribution in [1.29, 1.82) is 0 Å². The van der Waals surface area contributed by atoms with Crippen LogP contribution in [-0.2, 0) is 0 Å². The van der Waals surface area contributed by atoms with Gasteiger partial charge in [-0.3, -0.25) is 0 Å². The molecule has 2 N–H and O–H groups in total. The van der Waals surface area contributed by atoms with Gasteiger partial charge in [0.1, 0.15) is 0 Å². The molecule has 2 heteroatoms. The maximum atomic E-state index is 6.41. The standard InChI is InChI=1S/C17H34N2/c1-4-5-15-8-9-17(18)16(10-15)12-19-11-13(2)6-7-14(19)3/h13-17H,4-12,18H2,1-3H3. The Balaban J connectivity index is 1.88. The van der Waals surface area contributed by atoms with Gasteiger partial charge >= 0.3 is 0 Å². The predicted octanol–water partition coefficient (Wildman–Crippen LogP) is 3.65. The lowest BCUT2D eigenvalue weighted by atomic mass is 9.76. The van der Waals surface area contributed by atoms with Crippen molar-refractivity contribution in [1.82, 2.24) is 4.90 Å². The van der Waals surface area contributed by atoms with E-state index in [1.165, 1.54) is 58.0 Å². The Morgan fingerprint density at radius 1 is 1.11 bits per heavy atom. The lowest BCUT2D eigenvalue weighted by Crippen LogP contribution is -2.48. The van der Waals surface area contributed by atoms with Gasteiger partial charge in [0.05, 0.1) is 0 Å². The number of hydrogen-bond acceptors (Lipinski definition) is 2. The van der Waals surface area contributed by atoms with Crippen molar-refractivity contribution < 1.29 is 0 Å². The van der Waals surface area contributed by atoms with E-state index in [4.69, 9.17) is 5.73 Å². The van der Waals surface area contributed by atoms with Crippen LogP contribution >= 0.6 is 0 Å². The van der Waals surface area contributed by atoms with Crippen LogP contribution in [0.1, 0.15) is 65.7 Å². The maximum absolute atomic E-state index is 6.41. The Bertz CT molecular complexity index is 266. The highest BCUT2D eigenvalue weighted by Crippen LogP contribution is 2.33. The Morgan fingerprint density at radius 2 is 1.89 bits per heavy atom. The van der Waals surface area contributed by atoms with E-state index in [9.17, 15) is 0 Å². The SMILES string of the molecule is CCCC1CCC(N)C(CN2CC(C)CCC2C)C1. The Morgan fingerprint density at radius 3 is 2.63 bits per heavy atom. The van der Waals surface area contributed by atoms with Crippen molar-refractivity contribution in [2.75, 3.05) is 13.1 Å². The fourth-order valence-corrected chi connectivity index (χ4v) is 4.20. The van der Waals surface area contributed by atoms with Crippen LogP contribution < -0.4 is 5.73 Å². The molecule has 5 unspecified atom stereocenters. The smallest absolute Gasteiger partial charge is 0.00795 e. The molecule has 2 aliphatic rings. The second kappa shape index (κ2) is 7.08. The molecule has 0 aromatic carbocycles. The number of nitrogens with two attached hydrogens (primary N) is 1. The van der Waals surface area contributed by atoms with Crippen LogP contribution in [-0.4, -0.2) is 30.1 Å². The van der Waals surface area contributed by atoms with Crippen molar-refractivity contribution in [2.45, 2.75) is 77.8 Å². The van der Waals surface area contributed by atoms with Crippen molar-refractivity contribution >= 4 is 0 Å². The summed E-state index contributed by atoms with van der Waals surface area (Å²) in [5, 5.41) is 0. The summed E-state index contributed by atoms with van der Waals surface area (Å²) in [6.45, 7) is 9.68. The zero-order valence-electron chi connectivity index (χ0n) is 13.3. The number of rotatable bonds is 4. The van der Waals surface area contributed by atoms with E-state index in [1.807, 2.05) is 0 Å². The largest absolute Gasteiger partial charge is 0.327 e. The first kappa shape index (κ1) is 15.3. The number of nitrogens with zero attached hydrogens (tertiary/aromatic N) is 1. The molecule has 1 aliphatic heterocycles. The van der Waals surface area contributed by atoms with Crippen molar-refractivity contribution in [3.05, 3.63) is 0 Å². The molecule has 2 nitrogen and oxygen atoms in total. The van der Waals surface area contributed by atoms with E-state index in [2.05, 4.69) is 25.7 Å². The van der Waals surface area contributed by atoms with E-state index in [0.29, 0.717) is 6.04 Å². The summed E-state index contributed by atoms with van der Waals surface area (Å²) in [6, 6.07) is 1.23. The molecule has 2 fully saturated rings. The number of piperidine rings is 1. The first-order valence-corrected chi connectivity index (χ1v) is 8.59. The van der Waals surface area contributed by atoms with Gasteiger partial charge in [-0.2, -0.15) is 0 Å². The fourth-order valence-electron chi connectivity index (χ4n) is 4.20. The molecule has 1 saturated carbocycles. The number of hydrogen-bond donors (Lipinski definition) is 1. The van der Waals surface area contributed by atoms with Crippen molar-refractivity contribution in [2.24, 2.45) is 23.5 Å². The molecule has 1 saturated heterocycles. The molecule has 112 valence electrons. The van der Waals surface area contributed by atoms with Gasteiger partial charge in [-0.05, 0) is 56.8 Å². The van der Waals surface area contributed by atoms with Gasteiger partial charge in [-0.15, -0.1) is 0 Å². The van der Waals surface area contributed by atoms with Crippen LogP contribution in [0.25, 0.3) is 0 Å². The van der Waals surface area contributed by atoms with Crippen LogP contribution in [0.3, 0.4) is 0 Å². The van der Waals surface area contributed by atoms with Crippen molar-refractivity contribution in [3.8, 4) is 0 Å². The topological polar surface area (TPSA) is 29.3 Å². The maximum Gasteiger partial charge on any atom is 0.00795 e. The van der Waals surface area contributed by atoms with Gasteiger partial charge in [0.2, 0.25) is 0 Å². The highest BCUT2D eigenvalue weighted by Gasteiger charge is 2.31. The van der Waals surface area contributed by atoms with E-state index >= 15 is 0 Å². The molecular weight excluding hydrogens is 232 g/mol. The number of likely N-dealkylation sites (tertiary alicyclic amines) is 1. The predicted molar refractivity (Wildman–Crippen MR) is 83.1 cm³/mol. The highest BCUT2D eigenvalue weighted by atomic mass is 15.2. The molecule has 0 amide bonds. The van der Waals surface area contributed by atoms with Crippen LogP contribution in [0.5, 0.6) is 0 Å². The third-order valence-corrected chi connectivity index (χ3v) is 5.56. The summed E-state index contributed by atoms with van der Waals surface area (Å²) in [7, 11) is 0. The normalized spacial score (nSPS) is 41.4. The average molecular weight is 266 g/mol. The van der Waals surface area contributed by atoms with Gasteiger partial charge in [0.15, 0.2) is 0 Å². The molecule has 5 atom stereocenters. The second-order valence-corrected chi connectivity index (χ2v) is 7.38. The van der Waals surface area contributed by atoms with E-state index in [1.54, 1.807) is 0 Å². The second-order valence-electron chi connectivity index (χ2n) is 7.38. The van der Waals surface area contributed by atoms with Crippen LogP contribution in [0, 0.1) is 17.8 Å². The third-order valence-electron chi connectivity index (χ3n) is 5.56. The minimum atomic E-state index is 0.456.